The van der Waals surface area contributed by atoms with E-state index in [0.717, 1.165) is 5.69 Å². The van der Waals surface area contributed by atoms with Crippen LogP contribution < -0.4 is 5.73 Å². The molecule has 0 spiro atoms. The minimum atomic E-state index is -0.322. The van der Waals surface area contributed by atoms with Gasteiger partial charge in [0.1, 0.15) is 11.8 Å². The number of aromatic nitrogens is 1. The van der Waals surface area contributed by atoms with Gasteiger partial charge in [0.25, 0.3) is 0 Å². The fourth-order valence-electron chi connectivity index (χ4n) is 0.902. The van der Waals surface area contributed by atoms with E-state index >= 15 is 0 Å². The van der Waals surface area contributed by atoms with Crippen molar-refractivity contribution in [1.82, 2.24) is 4.98 Å². The number of aromatic amines is 1. The zero-order valence-electron chi connectivity index (χ0n) is 6.41. The Hall–Kier alpha value is -1.78. The summed E-state index contributed by atoms with van der Waals surface area (Å²) in [5, 5.41) is 16.8. The van der Waals surface area contributed by atoms with Gasteiger partial charge in [-0.2, -0.15) is 10.5 Å². The van der Waals surface area contributed by atoms with Gasteiger partial charge < -0.3 is 10.7 Å². The van der Waals surface area contributed by atoms with Crippen molar-refractivity contribution in [1.29, 1.82) is 10.5 Å². The highest BCUT2D eigenvalue weighted by Crippen LogP contribution is 2.11. The van der Waals surface area contributed by atoms with Gasteiger partial charge in [0.2, 0.25) is 0 Å². The topological polar surface area (TPSA) is 89.4 Å². The molecule has 0 bridgehead atoms. The van der Waals surface area contributed by atoms with Gasteiger partial charge in [-0.05, 0) is 12.1 Å². The van der Waals surface area contributed by atoms with E-state index in [1.54, 1.807) is 12.1 Å². The quantitative estimate of drug-likeness (QED) is 0.670. The molecule has 0 radical (unpaired) electrons. The Labute approximate surface area is 70.2 Å². The Morgan fingerprint density at radius 3 is 2.75 bits per heavy atom. The highest BCUT2D eigenvalue weighted by Gasteiger charge is 2.06. The average Bonchev–Trinajstić information content (AvgIpc) is 2.52. The zero-order valence-corrected chi connectivity index (χ0v) is 6.41. The maximum atomic E-state index is 8.48. The normalized spacial score (nSPS) is 11.6. The van der Waals surface area contributed by atoms with Crippen molar-refractivity contribution in [2.75, 3.05) is 0 Å². The van der Waals surface area contributed by atoms with E-state index in [1.807, 2.05) is 12.1 Å². The number of nitrogens with two attached hydrogens (primary N) is 1. The second kappa shape index (κ2) is 3.56. The molecule has 1 aromatic heterocycles. The van der Waals surface area contributed by atoms with Crippen molar-refractivity contribution in [3.8, 4) is 12.1 Å². The van der Waals surface area contributed by atoms with Gasteiger partial charge >= 0.3 is 0 Å². The molecule has 1 aromatic rings. The Balaban J connectivity index is 2.77. The maximum absolute atomic E-state index is 8.48. The van der Waals surface area contributed by atoms with Crippen LogP contribution in [0.2, 0.25) is 0 Å². The van der Waals surface area contributed by atoms with Crippen LogP contribution in [-0.2, 0) is 0 Å². The number of H-pyrrole nitrogens is 1. The van der Waals surface area contributed by atoms with Crippen LogP contribution in [0.5, 0.6) is 0 Å². The predicted molar refractivity (Wildman–Crippen MR) is 42.7 cm³/mol. The molecule has 4 nitrogen and oxygen atoms in total. The lowest BCUT2D eigenvalue weighted by Crippen LogP contribution is -2.09. The Morgan fingerprint density at radius 2 is 2.25 bits per heavy atom. The van der Waals surface area contributed by atoms with Crippen LogP contribution in [0.3, 0.4) is 0 Å². The minimum absolute atomic E-state index is 0.255. The standard InChI is InChI=1S/C8H8N4/c9-4-3-7(11)8-2-1-6(5-10)12-8/h1-2,7,12H,3,11H2/t7-/m1/s1. The fraction of sp³-hybridized carbons (Fsp3) is 0.250. The van der Waals surface area contributed by atoms with Gasteiger partial charge in [-0.15, -0.1) is 0 Å². The first-order valence-corrected chi connectivity index (χ1v) is 3.49. The summed E-state index contributed by atoms with van der Waals surface area (Å²) in [7, 11) is 0. The molecule has 12 heavy (non-hydrogen) atoms. The molecule has 1 heterocycles. The van der Waals surface area contributed by atoms with Crippen LogP contribution in [-0.4, -0.2) is 4.98 Å². The van der Waals surface area contributed by atoms with Crippen molar-refractivity contribution >= 4 is 0 Å². The van der Waals surface area contributed by atoms with Crippen molar-refractivity contribution in [3.63, 3.8) is 0 Å². The highest BCUT2D eigenvalue weighted by atomic mass is 14.8. The lowest BCUT2D eigenvalue weighted by Gasteiger charge is -2.02. The van der Waals surface area contributed by atoms with Crippen LogP contribution >= 0.6 is 0 Å². The Morgan fingerprint density at radius 1 is 1.50 bits per heavy atom. The van der Waals surface area contributed by atoms with Gasteiger partial charge in [0, 0.05) is 5.69 Å². The van der Waals surface area contributed by atoms with E-state index in [-0.39, 0.29) is 12.5 Å². The summed E-state index contributed by atoms with van der Waals surface area (Å²) >= 11 is 0. The third-order valence-corrected chi connectivity index (χ3v) is 1.54. The van der Waals surface area contributed by atoms with E-state index in [4.69, 9.17) is 16.3 Å². The van der Waals surface area contributed by atoms with Gasteiger partial charge in [-0.1, -0.05) is 0 Å². The first kappa shape index (κ1) is 8.32. The van der Waals surface area contributed by atoms with Gasteiger partial charge in [-0.25, -0.2) is 0 Å². The van der Waals surface area contributed by atoms with Crippen LogP contribution in [0.4, 0.5) is 0 Å². The summed E-state index contributed by atoms with van der Waals surface area (Å²) in [6.07, 6.45) is 0.255. The summed E-state index contributed by atoms with van der Waals surface area (Å²) in [6, 6.07) is 6.96. The zero-order chi connectivity index (χ0) is 8.97. The first-order valence-electron chi connectivity index (χ1n) is 3.49. The van der Waals surface area contributed by atoms with Crippen LogP contribution in [0.15, 0.2) is 12.1 Å². The summed E-state index contributed by atoms with van der Waals surface area (Å²) < 4.78 is 0. The molecule has 60 valence electrons. The van der Waals surface area contributed by atoms with E-state index < -0.39 is 0 Å². The lowest BCUT2D eigenvalue weighted by atomic mass is 10.2. The third-order valence-electron chi connectivity index (χ3n) is 1.54. The van der Waals surface area contributed by atoms with Gasteiger partial charge in [0.15, 0.2) is 0 Å². The van der Waals surface area contributed by atoms with Gasteiger partial charge in [0.05, 0.1) is 18.5 Å². The minimum Gasteiger partial charge on any atom is -0.349 e. The van der Waals surface area contributed by atoms with Gasteiger partial charge in [-0.3, -0.25) is 0 Å². The molecule has 0 unspecified atom stereocenters. The average molecular weight is 160 g/mol. The second-order valence-electron chi connectivity index (χ2n) is 2.41. The second-order valence-corrected chi connectivity index (χ2v) is 2.41. The molecule has 0 saturated carbocycles. The largest absolute Gasteiger partial charge is 0.349 e. The summed E-state index contributed by atoms with van der Waals surface area (Å²) in [4.78, 5) is 2.81. The molecule has 0 aliphatic rings. The number of hydrogen-bond donors (Lipinski definition) is 2. The number of nitriles is 2. The summed E-state index contributed by atoms with van der Waals surface area (Å²) in [5.74, 6) is 0. The number of rotatable bonds is 2. The third kappa shape index (κ3) is 1.63. The molecule has 0 amide bonds. The highest BCUT2D eigenvalue weighted by molar-refractivity contribution is 5.25. The molecule has 0 aromatic carbocycles. The predicted octanol–water partition coefficient (Wildman–Crippen LogP) is 0.800. The van der Waals surface area contributed by atoms with E-state index in [2.05, 4.69) is 4.98 Å². The number of hydrogen-bond acceptors (Lipinski definition) is 3. The number of nitrogens with zero attached hydrogens (tertiary/aromatic N) is 2. The smallest absolute Gasteiger partial charge is 0.117 e. The van der Waals surface area contributed by atoms with E-state index in [9.17, 15) is 0 Å². The molecule has 1 rings (SSSR count). The van der Waals surface area contributed by atoms with E-state index in [1.165, 1.54) is 0 Å². The molecule has 0 saturated heterocycles. The Kier molecular flexibility index (Phi) is 2.47. The maximum Gasteiger partial charge on any atom is 0.117 e. The molecule has 0 aliphatic heterocycles. The SMILES string of the molecule is N#CC[C@@H](N)c1ccc(C#N)[nH]1. The summed E-state index contributed by atoms with van der Waals surface area (Å²) in [5.41, 5.74) is 6.81. The molecule has 4 heteroatoms. The molecular weight excluding hydrogens is 152 g/mol. The monoisotopic (exact) mass is 160 g/mol. The van der Waals surface area contributed by atoms with Crippen molar-refractivity contribution in [2.45, 2.75) is 12.5 Å². The molecule has 1 atom stereocenters. The first-order chi connectivity index (χ1) is 5.77. The van der Waals surface area contributed by atoms with Crippen LogP contribution in [0, 0.1) is 22.7 Å². The summed E-state index contributed by atoms with van der Waals surface area (Å²) in [6.45, 7) is 0. The van der Waals surface area contributed by atoms with Crippen molar-refractivity contribution < 1.29 is 0 Å². The lowest BCUT2D eigenvalue weighted by molar-refractivity contribution is 0.725. The van der Waals surface area contributed by atoms with Crippen molar-refractivity contribution in [2.24, 2.45) is 5.73 Å². The van der Waals surface area contributed by atoms with E-state index in [0.29, 0.717) is 5.69 Å². The van der Waals surface area contributed by atoms with Crippen LogP contribution in [0.25, 0.3) is 0 Å². The fourth-order valence-corrected chi connectivity index (χ4v) is 0.902. The molecule has 3 N–H and O–H groups in total. The Bertz CT molecular complexity index is 339. The molecule has 0 fully saturated rings. The molecule has 0 aliphatic carbocycles. The van der Waals surface area contributed by atoms with Crippen molar-refractivity contribution in [3.05, 3.63) is 23.5 Å². The number of nitrogens with one attached hydrogen (secondary N) is 1. The molecular formula is C8H8N4. The van der Waals surface area contributed by atoms with Crippen LogP contribution in [0.1, 0.15) is 23.9 Å².